The van der Waals surface area contributed by atoms with Gasteiger partial charge in [0, 0.05) is 16.5 Å². The lowest BCUT2D eigenvalue weighted by Crippen LogP contribution is -2.23. The van der Waals surface area contributed by atoms with Crippen molar-refractivity contribution in [3.05, 3.63) is 88.5 Å². The molecule has 0 amide bonds. The van der Waals surface area contributed by atoms with Crippen LogP contribution in [0, 0.1) is 5.92 Å². The normalized spacial score (nSPS) is 12.9. The van der Waals surface area contributed by atoms with E-state index in [-0.39, 0.29) is 11.3 Å². The third-order valence-electron chi connectivity index (χ3n) is 7.55. The Morgan fingerprint density at radius 3 is 2.49 bits per heavy atom. The van der Waals surface area contributed by atoms with E-state index in [0.717, 1.165) is 34.5 Å². The van der Waals surface area contributed by atoms with E-state index in [1.54, 1.807) is 4.40 Å². The maximum Gasteiger partial charge on any atom is 0.264 e. The SMILES string of the molecule is CCCCC(CC)COc1ccc(-c2c3c(c4c(O)c5ccccc5n4c2=O)=Nc2ccccc2-3)cc1. The summed E-state index contributed by atoms with van der Waals surface area (Å²) < 4.78 is 7.73. The molecular weight excluding hydrogens is 460 g/mol. The van der Waals surface area contributed by atoms with Gasteiger partial charge in [-0.1, -0.05) is 75.6 Å². The maximum atomic E-state index is 14.1. The van der Waals surface area contributed by atoms with Crippen LogP contribution in [0.3, 0.4) is 0 Å². The van der Waals surface area contributed by atoms with E-state index in [9.17, 15) is 9.90 Å². The molecule has 0 radical (unpaired) electrons. The highest BCUT2D eigenvalue weighted by Gasteiger charge is 2.27. The van der Waals surface area contributed by atoms with Gasteiger partial charge in [-0.05, 0) is 48.2 Å². The van der Waals surface area contributed by atoms with Crippen molar-refractivity contribution in [2.75, 3.05) is 6.61 Å². The average Bonchev–Trinajstić information content (AvgIpc) is 3.46. The monoisotopic (exact) mass is 490 g/mol. The van der Waals surface area contributed by atoms with Crippen molar-refractivity contribution in [2.24, 2.45) is 10.9 Å². The van der Waals surface area contributed by atoms with Gasteiger partial charge in [-0.3, -0.25) is 9.20 Å². The number of hydrogen-bond donors (Lipinski definition) is 1. The second kappa shape index (κ2) is 9.40. The average molecular weight is 491 g/mol. The molecule has 0 bridgehead atoms. The standard InChI is InChI=1S/C32H30N2O3/c1-3-5-10-20(4-2)19-37-22-17-15-21(16-18-22)27-28-23-11-6-8-13-25(23)33-29(28)30-31(35)24-12-7-9-14-26(24)34(30)32(27)36/h6-9,11-18,20,35H,3-5,10,19H2,1-2H3. The molecule has 37 heavy (non-hydrogen) atoms. The number of rotatable bonds is 8. The van der Waals surface area contributed by atoms with Crippen molar-refractivity contribution in [1.82, 2.24) is 4.40 Å². The minimum Gasteiger partial charge on any atom is -0.505 e. The molecule has 5 nitrogen and oxygen atoms in total. The van der Waals surface area contributed by atoms with Crippen LogP contribution in [0.2, 0.25) is 0 Å². The minimum absolute atomic E-state index is 0.0874. The zero-order chi connectivity index (χ0) is 25.5. The summed E-state index contributed by atoms with van der Waals surface area (Å²) in [5, 5.41) is 12.4. The van der Waals surface area contributed by atoms with E-state index in [1.165, 1.54) is 19.3 Å². The molecule has 0 saturated heterocycles. The molecule has 1 unspecified atom stereocenters. The van der Waals surface area contributed by atoms with Gasteiger partial charge < -0.3 is 9.84 Å². The molecule has 1 atom stereocenters. The van der Waals surface area contributed by atoms with Crippen LogP contribution in [0.4, 0.5) is 5.69 Å². The van der Waals surface area contributed by atoms with Crippen LogP contribution >= 0.6 is 0 Å². The smallest absolute Gasteiger partial charge is 0.264 e. The fourth-order valence-electron chi connectivity index (χ4n) is 5.48. The van der Waals surface area contributed by atoms with Crippen molar-refractivity contribution in [3.8, 4) is 33.8 Å². The number of aromatic hydroxyl groups is 1. The number of hydrogen-bond acceptors (Lipinski definition) is 4. The van der Waals surface area contributed by atoms with Crippen LogP contribution in [0.25, 0.3) is 38.7 Å². The summed E-state index contributed by atoms with van der Waals surface area (Å²) in [6.07, 6.45) is 4.69. The lowest BCUT2D eigenvalue weighted by atomic mass is 9.95. The molecular formula is C32H30N2O3. The number of para-hydroxylation sites is 2. The molecule has 0 aliphatic carbocycles. The third-order valence-corrected chi connectivity index (χ3v) is 7.55. The van der Waals surface area contributed by atoms with Gasteiger partial charge in [0.25, 0.3) is 5.56 Å². The highest BCUT2D eigenvalue weighted by molar-refractivity contribution is 6.00. The van der Waals surface area contributed by atoms with E-state index in [4.69, 9.17) is 9.73 Å². The number of unbranched alkanes of at least 4 members (excludes halogenated alkanes) is 1. The van der Waals surface area contributed by atoms with E-state index < -0.39 is 0 Å². The summed E-state index contributed by atoms with van der Waals surface area (Å²) in [7, 11) is 0. The molecule has 0 fully saturated rings. The van der Waals surface area contributed by atoms with Crippen molar-refractivity contribution < 1.29 is 9.84 Å². The number of nitrogens with zero attached hydrogens (tertiary/aromatic N) is 2. The van der Waals surface area contributed by atoms with Crippen molar-refractivity contribution in [2.45, 2.75) is 39.5 Å². The highest BCUT2D eigenvalue weighted by Crippen LogP contribution is 2.40. The lowest BCUT2D eigenvalue weighted by molar-refractivity contribution is 0.233. The van der Waals surface area contributed by atoms with Gasteiger partial charge in [-0.2, -0.15) is 0 Å². The van der Waals surface area contributed by atoms with E-state index in [0.29, 0.717) is 39.9 Å². The predicted octanol–water partition coefficient (Wildman–Crippen LogP) is 7.07. The molecule has 1 N–H and O–H groups in total. The quantitative estimate of drug-likeness (QED) is 0.248. The first-order chi connectivity index (χ1) is 18.1. The van der Waals surface area contributed by atoms with Gasteiger partial charge in [0.1, 0.15) is 16.6 Å². The van der Waals surface area contributed by atoms with E-state index >= 15 is 0 Å². The van der Waals surface area contributed by atoms with Gasteiger partial charge in [0.15, 0.2) is 5.75 Å². The van der Waals surface area contributed by atoms with Gasteiger partial charge in [0.05, 0.1) is 23.4 Å². The summed E-state index contributed by atoms with van der Waals surface area (Å²) in [5.41, 5.74) is 4.82. The van der Waals surface area contributed by atoms with Crippen LogP contribution in [0.5, 0.6) is 11.5 Å². The first kappa shape index (κ1) is 23.3. The Balaban J connectivity index is 1.50. The second-order valence-electron chi connectivity index (χ2n) is 9.83. The third kappa shape index (κ3) is 3.77. The zero-order valence-electron chi connectivity index (χ0n) is 21.2. The van der Waals surface area contributed by atoms with Crippen LogP contribution in [-0.2, 0) is 0 Å². The molecule has 3 heterocycles. The molecule has 0 spiro atoms. The minimum atomic E-state index is -0.170. The van der Waals surface area contributed by atoms with Gasteiger partial charge >= 0.3 is 0 Å². The molecule has 0 saturated carbocycles. The van der Waals surface area contributed by atoms with Gasteiger partial charge in [-0.25, -0.2) is 4.99 Å². The Labute approximate surface area is 215 Å². The predicted molar refractivity (Wildman–Crippen MR) is 149 cm³/mol. The number of aromatic nitrogens is 1. The Morgan fingerprint density at radius 2 is 1.70 bits per heavy atom. The molecule has 2 aromatic heterocycles. The van der Waals surface area contributed by atoms with E-state index in [2.05, 4.69) is 13.8 Å². The summed E-state index contributed by atoms with van der Waals surface area (Å²) in [4.78, 5) is 19.0. The van der Waals surface area contributed by atoms with Crippen molar-refractivity contribution in [3.63, 3.8) is 0 Å². The Bertz CT molecular complexity index is 1740. The van der Waals surface area contributed by atoms with Crippen LogP contribution in [0.15, 0.2) is 82.6 Å². The Kier molecular flexibility index (Phi) is 5.91. The summed E-state index contributed by atoms with van der Waals surface area (Å²) >= 11 is 0. The first-order valence-electron chi connectivity index (χ1n) is 13.2. The molecule has 5 heteroatoms. The number of benzene rings is 3. The summed E-state index contributed by atoms with van der Waals surface area (Å²) in [6.45, 7) is 5.13. The molecule has 3 aromatic carbocycles. The fourth-order valence-corrected chi connectivity index (χ4v) is 5.48. The molecule has 1 aliphatic rings. The first-order valence-corrected chi connectivity index (χ1v) is 13.2. The molecule has 1 aliphatic heterocycles. The highest BCUT2D eigenvalue weighted by atomic mass is 16.5. The lowest BCUT2D eigenvalue weighted by Gasteiger charge is -2.16. The van der Waals surface area contributed by atoms with E-state index in [1.807, 2.05) is 72.8 Å². The van der Waals surface area contributed by atoms with Crippen molar-refractivity contribution in [1.29, 1.82) is 0 Å². The molecule has 186 valence electrons. The van der Waals surface area contributed by atoms with Crippen molar-refractivity contribution >= 4 is 22.1 Å². The maximum absolute atomic E-state index is 14.1. The largest absolute Gasteiger partial charge is 0.505 e. The Hall–Kier alpha value is -4.12. The molecule has 6 rings (SSSR count). The zero-order valence-corrected chi connectivity index (χ0v) is 21.2. The number of ether oxygens (including phenoxy) is 1. The van der Waals surface area contributed by atoms with Gasteiger partial charge in [0.2, 0.25) is 0 Å². The van der Waals surface area contributed by atoms with Crippen LogP contribution < -0.4 is 15.7 Å². The summed E-state index contributed by atoms with van der Waals surface area (Å²) in [5.74, 6) is 1.44. The number of fused-ring (bicyclic) bond motifs is 7. The number of pyridine rings is 1. The van der Waals surface area contributed by atoms with Crippen LogP contribution in [0.1, 0.15) is 39.5 Å². The second-order valence-corrected chi connectivity index (χ2v) is 9.83. The topological polar surface area (TPSA) is 63.3 Å². The van der Waals surface area contributed by atoms with Gasteiger partial charge in [-0.15, -0.1) is 0 Å². The summed E-state index contributed by atoms with van der Waals surface area (Å²) in [6, 6.07) is 23.1. The fraction of sp³-hybridized carbons (Fsp3) is 0.250. The van der Waals surface area contributed by atoms with Crippen LogP contribution in [-0.4, -0.2) is 16.1 Å². The Morgan fingerprint density at radius 1 is 0.946 bits per heavy atom. The molecule has 5 aromatic rings.